The Kier molecular flexibility index (Phi) is 5.63. The van der Waals surface area contributed by atoms with Crippen LogP contribution in [0.1, 0.15) is 13.8 Å². The van der Waals surface area contributed by atoms with Crippen molar-refractivity contribution >= 4 is 0 Å². The second-order valence-electron chi connectivity index (χ2n) is 1.91. The monoisotopic (exact) mass is 135 g/mol. The van der Waals surface area contributed by atoms with Crippen LogP contribution < -0.4 is 0 Å². The molecule has 0 spiro atoms. The third-order valence-electron chi connectivity index (χ3n) is 1.36. The first kappa shape index (κ1) is 9.08. The molecule has 0 unspecified atom stereocenters. The van der Waals surface area contributed by atoms with Crippen molar-refractivity contribution in [2.45, 2.75) is 13.8 Å². The quantitative estimate of drug-likeness (QED) is 0.521. The highest BCUT2D eigenvalue weighted by Crippen LogP contribution is 1.82. The van der Waals surface area contributed by atoms with Crippen LogP contribution in [0.25, 0.3) is 0 Å². The SMILES string of the molecule is C#CC#CCN(CC)CC. The Bertz CT molecular complexity index is 161. The van der Waals surface area contributed by atoms with Gasteiger partial charge >= 0.3 is 0 Å². The van der Waals surface area contributed by atoms with Crippen LogP contribution in [-0.2, 0) is 0 Å². The molecule has 0 radical (unpaired) electrons. The molecule has 0 saturated heterocycles. The van der Waals surface area contributed by atoms with Gasteiger partial charge in [0.15, 0.2) is 0 Å². The molecule has 0 N–H and O–H groups in total. The fraction of sp³-hybridized carbons (Fsp3) is 0.556. The lowest BCUT2D eigenvalue weighted by Gasteiger charge is -2.12. The lowest BCUT2D eigenvalue weighted by atomic mass is 10.4. The van der Waals surface area contributed by atoms with E-state index in [9.17, 15) is 0 Å². The van der Waals surface area contributed by atoms with Gasteiger partial charge in [-0.2, -0.15) is 0 Å². The van der Waals surface area contributed by atoms with E-state index in [2.05, 4.69) is 36.5 Å². The number of hydrogen-bond acceptors (Lipinski definition) is 1. The zero-order valence-corrected chi connectivity index (χ0v) is 6.65. The van der Waals surface area contributed by atoms with Crippen LogP contribution in [0.3, 0.4) is 0 Å². The second kappa shape index (κ2) is 6.20. The molecule has 0 aromatic heterocycles. The molecule has 0 aliphatic rings. The van der Waals surface area contributed by atoms with E-state index < -0.39 is 0 Å². The van der Waals surface area contributed by atoms with E-state index in [1.54, 1.807) is 0 Å². The molecular formula is C9H13N. The van der Waals surface area contributed by atoms with Gasteiger partial charge in [-0.15, -0.1) is 6.42 Å². The van der Waals surface area contributed by atoms with E-state index in [4.69, 9.17) is 6.42 Å². The second-order valence-corrected chi connectivity index (χ2v) is 1.91. The van der Waals surface area contributed by atoms with Crippen LogP contribution in [0.15, 0.2) is 0 Å². The summed E-state index contributed by atoms with van der Waals surface area (Å²) >= 11 is 0. The summed E-state index contributed by atoms with van der Waals surface area (Å²) in [7, 11) is 0. The van der Waals surface area contributed by atoms with Gasteiger partial charge in [-0.25, -0.2) is 0 Å². The minimum atomic E-state index is 0.789. The van der Waals surface area contributed by atoms with Crippen molar-refractivity contribution in [3.63, 3.8) is 0 Å². The Morgan fingerprint density at radius 3 is 2.30 bits per heavy atom. The van der Waals surface area contributed by atoms with Crippen LogP contribution in [0.5, 0.6) is 0 Å². The molecule has 10 heavy (non-hydrogen) atoms. The fourth-order valence-electron chi connectivity index (χ4n) is 0.650. The first-order chi connectivity index (χ1) is 4.85. The largest absolute Gasteiger partial charge is 0.293 e. The summed E-state index contributed by atoms with van der Waals surface area (Å²) in [5, 5.41) is 0. The Hall–Kier alpha value is -0.920. The average molecular weight is 135 g/mol. The first-order valence-electron chi connectivity index (χ1n) is 3.51. The first-order valence-corrected chi connectivity index (χ1v) is 3.51. The maximum Gasteiger partial charge on any atom is 0.0611 e. The number of hydrogen-bond donors (Lipinski definition) is 0. The maximum absolute atomic E-state index is 4.96. The molecule has 0 aromatic rings. The van der Waals surface area contributed by atoms with Gasteiger partial charge in [0.25, 0.3) is 0 Å². The molecule has 0 aromatic carbocycles. The predicted molar refractivity (Wildman–Crippen MR) is 44.4 cm³/mol. The van der Waals surface area contributed by atoms with E-state index in [0.717, 1.165) is 19.6 Å². The average Bonchev–Trinajstić information content (AvgIpc) is 1.99. The molecule has 0 amide bonds. The van der Waals surface area contributed by atoms with Gasteiger partial charge in [0.05, 0.1) is 6.54 Å². The molecule has 54 valence electrons. The van der Waals surface area contributed by atoms with Crippen LogP contribution in [0, 0.1) is 24.2 Å². The summed E-state index contributed by atoms with van der Waals surface area (Å²) in [6.07, 6.45) is 4.96. The summed E-state index contributed by atoms with van der Waals surface area (Å²) in [4.78, 5) is 2.21. The highest BCUT2D eigenvalue weighted by atomic mass is 15.1. The van der Waals surface area contributed by atoms with Gasteiger partial charge in [-0.1, -0.05) is 19.8 Å². The standard InChI is InChI=1S/C9H13N/c1-4-7-8-9-10(5-2)6-3/h1H,5-6,9H2,2-3H3. The van der Waals surface area contributed by atoms with E-state index in [1.165, 1.54) is 0 Å². The summed E-state index contributed by atoms with van der Waals surface area (Å²) in [6, 6.07) is 0. The van der Waals surface area contributed by atoms with Gasteiger partial charge in [0.1, 0.15) is 0 Å². The lowest BCUT2D eigenvalue weighted by molar-refractivity contribution is 0.342. The fourth-order valence-corrected chi connectivity index (χ4v) is 0.650. The summed E-state index contributed by atoms with van der Waals surface area (Å²) in [5.74, 6) is 7.74. The van der Waals surface area contributed by atoms with E-state index in [0.29, 0.717) is 0 Å². The van der Waals surface area contributed by atoms with Crippen molar-refractivity contribution in [2.24, 2.45) is 0 Å². The molecule has 0 saturated carbocycles. The maximum atomic E-state index is 4.96. The van der Waals surface area contributed by atoms with Gasteiger partial charge in [-0.05, 0) is 24.9 Å². The highest BCUT2D eigenvalue weighted by molar-refractivity contribution is 5.22. The lowest BCUT2D eigenvalue weighted by Crippen LogP contribution is -2.22. The van der Waals surface area contributed by atoms with Gasteiger partial charge < -0.3 is 0 Å². The third-order valence-corrected chi connectivity index (χ3v) is 1.36. The van der Waals surface area contributed by atoms with Crippen molar-refractivity contribution in [3.05, 3.63) is 0 Å². The predicted octanol–water partition coefficient (Wildman–Crippen LogP) is 0.965. The van der Waals surface area contributed by atoms with Gasteiger partial charge in [-0.3, -0.25) is 4.90 Å². The molecule has 0 heterocycles. The topological polar surface area (TPSA) is 3.24 Å². The van der Waals surface area contributed by atoms with Crippen LogP contribution in [0.4, 0.5) is 0 Å². The van der Waals surface area contributed by atoms with Crippen LogP contribution in [-0.4, -0.2) is 24.5 Å². The van der Waals surface area contributed by atoms with Crippen molar-refractivity contribution in [1.82, 2.24) is 4.90 Å². The molecule has 0 bridgehead atoms. The Morgan fingerprint density at radius 1 is 1.30 bits per heavy atom. The van der Waals surface area contributed by atoms with Crippen molar-refractivity contribution in [3.8, 4) is 24.2 Å². The van der Waals surface area contributed by atoms with Gasteiger partial charge in [0, 0.05) is 0 Å². The van der Waals surface area contributed by atoms with E-state index in [-0.39, 0.29) is 0 Å². The zero-order chi connectivity index (χ0) is 7.82. The zero-order valence-electron chi connectivity index (χ0n) is 6.65. The molecule has 0 rings (SSSR count). The van der Waals surface area contributed by atoms with Crippen molar-refractivity contribution in [1.29, 1.82) is 0 Å². The number of nitrogens with zero attached hydrogens (tertiary/aromatic N) is 1. The molecule has 0 aliphatic carbocycles. The Morgan fingerprint density at radius 2 is 1.90 bits per heavy atom. The highest BCUT2D eigenvalue weighted by Gasteiger charge is 1.92. The Balaban J connectivity index is 3.56. The van der Waals surface area contributed by atoms with Crippen LogP contribution >= 0.6 is 0 Å². The summed E-state index contributed by atoms with van der Waals surface area (Å²) in [6.45, 7) is 7.09. The minimum Gasteiger partial charge on any atom is -0.293 e. The minimum absolute atomic E-state index is 0.789. The molecule has 1 nitrogen and oxygen atoms in total. The van der Waals surface area contributed by atoms with Crippen molar-refractivity contribution < 1.29 is 0 Å². The number of terminal acetylenes is 1. The van der Waals surface area contributed by atoms with Gasteiger partial charge in [0.2, 0.25) is 0 Å². The normalized spacial score (nSPS) is 8.20. The molecule has 0 aliphatic heterocycles. The van der Waals surface area contributed by atoms with Crippen molar-refractivity contribution in [2.75, 3.05) is 19.6 Å². The molecule has 0 fully saturated rings. The number of rotatable bonds is 3. The Labute approximate surface area is 63.4 Å². The molecule has 1 heteroatoms. The van der Waals surface area contributed by atoms with E-state index >= 15 is 0 Å². The third kappa shape index (κ3) is 4.01. The molecular weight excluding hydrogens is 122 g/mol. The van der Waals surface area contributed by atoms with E-state index in [1.807, 2.05) is 0 Å². The van der Waals surface area contributed by atoms with Crippen LogP contribution in [0.2, 0.25) is 0 Å². The summed E-state index contributed by atoms with van der Waals surface area (Å²) in [5.41, 5.74) is 0. The smallest absolute Gasteiger partial charge is 0.0611 e. The molecule has 0 atom stereocenters. The summed E-state index contributed by atoms with van der Waals surface area (Å²) < 4.78 is 0.